The Morgan fingerprint density at radius 2 is 2.21 bits per heavy atom. The number of hydrogen-bond donors (Lipinski definition) is 1. The molecule has 2 rings (SSSR count). The fourth-order valence-corrected chi connectivity index (χ4v) is 2.59. The summed E-state index contributed by atoms with van der Waals surface area (Å²) >= 11 is 0. The molecule has 0 bridgehead atoms. The summed E-state index contributed by atoms with van der Waals surface area (Å²) in [6.45, 7) is 5.30. The van der Waals surface area contributed by atoms with Crippen molar-refractivity contribution in [2.75, 3.05) is 33.8 Å². The minimum atomic E-state index is 0.466. The predicted octanol–water partition coefficient (Wildman–Crippen LogP) is 2.61. The Balaban J connectivity index is 1.90. The van der Waals surface area contributed by atoms with Gasteiger partial charge in [-0.1, -0.05) is 19.1 Å². The van der Waals surface area contributed by atoms with Gasteiger partial charge in [0.25, 0.3) is 0 Å². The molecular formula is C16H26N2O. The number of hydrogen-bond acceptors (Lipinski definition) is 3. The minimum Gasteiger partial charge on any atom is -0.493 e. The third-order valence-electron chi connectivity index (χ3n) is 3.70. The van der Waals surface area contributed by atoms with Gasteiger partial charge in [0.1, 0.15) is 5.75 Å². The van der Waals surface area contributed by atoms with Gasteiger partial charge in [0.15, 0.2) is 0 Å². The van der Waals surface area contributed by atoms with Crippen molar-refractivity contribution >= 4 is 0 Å². The summed E-state index contributed by atoms with van der Waals surface area (Å²) in [5.41, 5.74) is 2.77. The van der Waals surface area contributed by atoms with Crippen LogP contribution in [0.1, 0.15) is 36.9 Å². The van der Waals surface area contributed by atoms with E-state index in [-0.39, 0.29) is 0 Å². The van der Waals surface area contributed by atoms with Crippen LogP contribution in [-0.2, 0) is 6.42 Å². The van der Waals surface area contributed by atoms with E-state index in [4.69, 9.17) is 4.74 Å². The second kappa shape index (κ2) is 6.92. The Morgan fingerprint density at radius 1 is 1.37 bits per heavy atom. The van der Waals surface area contributed by atoms with Gasteiger partial charge in [0, 0.05) is 12.5 Å². The fourth-order valence-electron chi connectivity index (χ4n) is 2.59. The van der Waals surface area contributed by atoms with E-state index < -0.39 is 0 Å². The largest absolute Gasteiger partial charge is 0.493 e. The van der Waals surface area contributed by atoms with E-state index in [9.17, 15) is 0 Å². The summed E-state index contributed by atoms with van der Waals surface area (Å²) in [6, 6.07) is 7.11. The second-order valence-electron chi connectivity index (χ2n) is 5.54. The first-order chi connectivity index (χ1) is 9.20. The zero-order valence-corrected chi connectivity index (χ0v) is 12.4. The lowest BCUT2D eigenvalue weighted by atomic mass is 10.0. The van der Waals surface area contributed by atoms with Crippen LogP contribution in [0, 0.1) is 0 Å². The average Bonchev–Trinajstić information content (AvgIpc) is 2.85. The summed E-state index contributed by atoms with van der Waals surface area (Å²) in [5, 5.41) is 3.66. The first-order valence-electron chi connectivity index (χ1n) is 7.34. The quantitative estimate of drug-likeness (QED) is 0.765. The van der Waals surface area contributed by atoms with Crippen LogP contribution in [0.25, 0.3) is 0 Å². The van der Waals surface area contributed by atoms with Crippen molar-refractivity contribution < 1.29 is 4.74 Å². The number of rotatable bonds is 7. The van der Waals surface area contributed by atoms with Crippen LogP contribution >= 0.6 is 0 Å². The van der Waals surface area contributed by atoms with Crippen LogP contribution in [0.15, 0.2) is 18.2 Å². The highest BCUT2D eigenvalue weighted by Gasteiger charge is 2.15. The molecule has 1 atom stereocenters. The Labute approximate surface area is 116 Å². The highest BCUT2D eigenvalue weighted by Crippen LogP contribution is 2.29. The van der Waals surface area contributed by atoms with E-state index in [2.05, 4.69) is 49.4 Å². The molecular weight excluding hydrogens is 236 g/mol. The van der Waals surface area contributed by atoms with E-state index in [1.54, 1.807) is 0 Å². The molecule has 0 aliphatic carbocycles. The number of benzene rings is 1. The normalized spacial score (nSPS) is 15.4. The first kappa shape index (κ1) is 14.4. The van der Waals surface area contributed by atoms with Crippen LogP contribution in [0.4, 0.5) is 0 Å². The number of ether oxygens (including phenoxy) is 1. The number of nitrogens with one attached hydrogen (secondary N) is 1. The third kappa shape index (κ3) is 3.95. The Morgan fingerprint density at radius 3 is 2.95 bits per heavy atom. The van der Waals surface area contributed by atoms with Gasteiger partial charge in [-0.15, -0.1) is 0 Å². The van der Waals surface area contributed by atoms with Gasteiger partial charge in [-0.05, 0) is 57.2 Å². The van der Waals surface area contributed by atoms with Gasteiger partial charge >= 0.3 is 0 Å². The molecule has 0 radical (unpaired) electrons. The average molecular weight is 262 g/mol. The molecule has 3 nitrogen and oxygen atoms in total. The van der Waals surface area contributed by atoms with E-state index >= 15 is 0 Å². The van der Waals surface area contributed by atoms with Crippen LogP contribution in [0.5, 0.6) is 5.75 Å². The monoisotopic (exact) mass is 262 g/mol. The number of fused-ring (bicyclic) bond motifs is 1. The maximum atomic E-state index is 5.57. The maximum Gasteiger partial charge on any atom is 0.122 e. The second-order valence-corrected chi connectivity index (χ2v) is 5.54. The molecule has 0 saturated heterocycles. The van der Waals surface area contributed by atoms with Gasteiger partial charge in [-0.2, -0.15) is 0 Å². The molecule has 1 heterocycles. The molecule has 1 aliphatic heterocycles. The maximum absolute atomic E-state index is 5.57. The summed E-state index contributed by atoms with van der Waals surface area (Å²) in [5.74, 6) is 1.08. The van der Waals surface area contributed by atoms with E-state index in [0.29, 0.717) is 6.04 Å². The molecule has 19 heavy (non-hydrogen) atoms. The minimum absolute atomic E-state index is 0.466. The van der Waals surface area contributed by atoms with Crippen molar-refractivity contribution in [3.05, 3.63) is 29.3 Å². The van der Waals surface area contributed by atoms with E-state index in [0.717, 1.165) is 38.3 Å². The molecule has 0 aromatic heterocycles. The topological polar surface area (TPSA) is 24.5 Å². The van der Waals surface area contributed by atoms with Crippen LogP contribution in [0.2, 0.25) is 0 Å². The Kier molecular flexibility index (Phi) is 5.23. The standard InChI is InChI=1S/C16H26N2O/c1-4-15(17-9-5-10-18(2)3)13-6-7-16-14(12-13)8-11-19-16/h6-7,12,15,17H,4-5,8-11H2,1-3H3. The van der Waals surface area contributed by atoms with Crippen LogP contribution < -0.4 is 10.1 Å². The van der Waals surface area contributed by atoms with Crippen molar-refractivity contribution in [1.82, 2.24) is 10.2 Å². The lowest BCUT2D eigenvalue weighted by molar-refractivity contribution is 0.356. The van der Waals surface area contributed by atoms with E-state index in [1.807, 2.05) is 0 Å². The van der Waals surface area contributed by atoms with Crippen molar-refractivity contribution in [3.8, 4) is 5.75 Å². The smallest absolute Gasteiger partial charge is 0.122 e. The van der Waals surface area contributed by atoms with Gasteiger partial charge in [0.2, 0.25) is 0 Å². The molecule has 0 saturated carbocycles. The molecule has 3 heteroatoms. The highest BCUT2D eigenvalue weighted by molar-refractivity contribution is 5.40. The Bertz CT molecular complexity index is 404. The van der Waals surface area contributed by atoms with E-state index in [1.165, 1.54) is 17.5 Å². The van der Waals surface area contributed by atoms with Crippen molar-refractivity contribution in [3.63, 3.8) is 0 Å². The fraction of sp³-hybridized carbons (Fsp3) is 0.625. The van der Waals surface area contributed by atoms with Gasteiger partial charge in [-0.3, -0.25) is 0 Å². The molecule has 1 unspecified atom stereocenters. The van der Waals surface area contributed by atoms with Gasteiger partial charge in [-0.25, -0.2) is 0 Å². The first-order valence-corrected chi connectivity index (χ1v) is 7.34. The molecule has 1 N–H and O–H groups in total. The Hall–Kier alpha value is -1.06. The zero-order valence-electron chi connectivity index (χ0n) is 12.4. The van der Waals surface area contributed by atoms with Crippen LogP contribution in [0.3, 0.4) is 0 Å². The summed E-state index contributed by atoms with van der Waals surface area (Å²) in [7, 11) is 4.25. The van der Waals surface area contributed by atoms with Crippen molar-refractivity contribution in [2.45, 2.75) is 32.2 Å². The molecule has 106 valence electrons. The summed E-state index contributed by atoms with van der Waals surface area (Å²) in [4.78, 5) is 2.23. The molecule has 0 fully saturated rings. The molecule has 1 aromatic carbocycles. The zero-order chi connectivity index (χ0) is 13.7. The molecule has 1 aliphatic rings. The highest BCUT2D eigenvalue weighted by atomic mass is 16.5. The predicted molar refractivity (Wildman–Crippen MR) is 79.8 cm³/mol. The van der Waals surface area contributed by atoms with Gasteiger partial charge in [0.05, 0.1) is 6.61 Å². The van der Waals surface area contributed by atoms with Crippen molar-refractivity contribution in [1.29, 1.82) is 0 Å². The lowest BCUT2D eigenvalue weighted by Crippen LogP contribution is -2.25. The van der Waals surface area contributed by atoms with Gasteiger partial charge < -0.3 is 15.0 Å². The SMILES string of the molecule is CCC(NCCCN(C)C)c1ccc2c(c1)CCO2. The molecule has 1 aromatic rings. The lowest BCUT2D eigenvalue weighted by Gasteiger charge is -2.19. The molecule has 0 spiro atoms. The van der Waals surface area contributed by atoms with Crippen LogP contribution in [-0.4, -0.2) is 38.7 Å². The third-order valence-corrected chi connectivity index (χ3v) is 3.70. The molecule has 0 amide bonds. The summed E-state index contributed by atoms with van der Waals surface area (Å²) in [6.07, 6.45) is 3.37. The van der Waals surface area contributed by atoms with Crippen molar-refractivity contribution in [2.24, 2.45) is 0 Å². The number of nitrogens with zero attached hydrogens (tertiary/aromatic N) is 1. The summed E-state index contributed by atoms with van der Waals surface area (Å²) < 4.78 is 5.57.